The van der Waals surface area contributed by atoms with Crippen LogP contribution in [0.1, 0.15) is 46.1 Å². The molecule has 0 bridgehead atoms. The Hall–Kier alpha value is -1.51. The minimum atomic E-state index is -0.347. The highest BCUT2D eigenvalue weighted by atomic mass is 16.3. The van der Waals surface area contributed by atoms with Crippen LogP contribution in [0.2, 0.25) is 0 Å². The molecule has 0 aromatic heterocycles. The first kappa shape index (κ1) is 13.9. The summed E-state index contributed by atoms with van der Waals surface area (Å²) >= 11 is 0. The molecule has 1 aromatic rings. The van der Waals surface area contributed by atoms with Gasteiger partial charge in [0, 0.05) is 56.4 Å². The lowest BCUT2D eigenvalue weighted by molar-refractivity contribution is -0.692. The monoisotopic (exact) mass is 259 g/mol. The van der Waals surface area contributed by atoms with Gasteiger partial charge in [0.1, 0.15) is 0 Å². The quantitative estimate of drug-likeness (QED) is 0.590. The Morgan fingerprint density at radius 1 is 1.11 bits per heavy atom. The molecular weight excluding hydrogens is 236 g/mol. The fourth-order valence-electron chi connectivity index (χ4n) is 3.05. The van der Waals surface area contributed by atoms with E-state index in [0.29, 0.717) is 0 Å². The van der Waals surface area contributed by atoms with Crippen LogP contribution in [0.3, 0.4) is 0 Å². The molecule has 0 aliphatic carbocycles. The maximum Gasteiger partial charge on any atom is 0.207 e. The van der Waals surface area contributed by atoms with Crippen molar-refractivity contribution in [3.8, 4) is 0 Å². The molecule has 19 heavy (non-hydrogen) atoms. The Balaban J connectivity index is 2.14. The minimum Gasteiger partial charge on any atom is -0.289 e. The van der Waals surface area contributed by atoms with E-state index in [1.165, 1.54) is 4.76 Å². The number of nitroso groups, excluding NO2 is 1. The second-order valence-corrected chi connectivity index (χ2v) is 6.67. The number of hydrogen-bond donors (Lipinski definition) is 0. The van der Waals surface area contributed by atoms with Crippen LogP contribution < -0.4 is 0 Å². The molecule has 0 N–H and O–H groups in total. The molecule has 1 aliphatic heterocycles. The van der Waals surface area contributed by atoms with E-state index in [4.69, 9.17) is 0 Å². The molecule has 102 valence electrons. The Bertz CT molecular complexity index is 469. The van der Waals surface area contributed by atoms with Crippen molar-refractivity contribution in [2.45, 2.75) is 57.7 Å². The number of piperidine rings is 1. The lowest BCUT2D eigenvalue weighted by Crippen LogP contribution is -2.54. The molecule has 1 heterocycles. The predicted molar refractivity (Wildman–Crippen MR) is 78.8 cm³/mol. The Morgan fingerprint density at radius 3 is 2.16 bits per heavy atom. The first-order valence-electron chi connectivity index (χ1n) is 6.87. The molecule has 3 nitrogen and oxygen atoms in total. The molecular formula is C16H23N2O+. The van der Waals surface area contributed by atoms with Crippen molar-refractivity contribution < 1.29 is 4.76 Å². The van der Waals surface area contributed by atoms with Crippen LogP contribution in [0.15, 0.2) is 35.3 Å². The van der Waals surface area contributed by atoms with E-state index < -0.39 is 0 Å². The van der Waals surface area contributed by atoms with Crippen molar-refractivity contribution >= 4 is 6.21 Å². The largest absolute Gasteiger partial charge is 0.289 e. The summed E-state index contributed by atoms with van der Waals surface area (Å²) in [5.41, 5.74) is 0.420. The number of aliphatic imine (C=N–C) groups is 1. The molecule has 0 radical (unpaired) electrons. The van der Waals surface area contributed by atoms with E-state index in [2.05, 4.69) is 4.99 Å². The Kier molecular flexibility index (Phi) is 3.57. The van der Waals surface area contributed by atoms with Crippen molar-refractivity contribution in [2.75, 3.05) is 0 Å². The topological polar surface area (TPSA) is 32.4 Å². The van der Waals surface area contributed by atoms with Crippen molar-refractivity contribution in [3.05, 3.63) is 40.8 Å². The summed E-state index contributed by atoms with van der Waals surface area (Å²) in [5.74, 6) is 0. The Labute approximate surface area is 115 Å². The van der Waals surface area contributed by atoms with E-state index in [9.17, 15) is 4.91 Å². The summed E-state index contributed by atoms with van der Waals surface area (Å²) in [7, 11) is 0. The fourth-order valence-corrected chi connectivity index (χ4v) is 3.05. The smallest absolute Gasteiger partial charge is 0.207 e. The Morgan fingerprint density at radius 2 is 1.63 bits per heavy atom. The first-order chi connectivity index (χ1) is 8.81. The van der Waals surface area contributed by atoms with Crippen molar-refractivity contribution in [2.24, 2.45) is 4.99 Å². The molecule has 0 spiro atoms. The third-order valence-corrected chi connectivity index (χ3v) is 3.80. The summed E-state index contributed by atoms with van der Waals surface area (Å²) in [6, 6.07) is 10.3. The van der Waals surface area contributed by atoms with Crippen molar-refractivity contribution in [3.63, 3.8) is 0 Å². The number of nitrogens with zero attached hydrogens (tertiary/aromatic N) is 2. The molecule has 0 saturated carbocycles. The van der Waals surface area contributed by atoms with Crippen LogP contribution in [-0.4, -0.2) is 28.1 Å². The maximum atomic E-state index is 12.3. The zero-order chi connectivity index (χ0) is 14.1. The van der Waals surface area contributed by atoms with E-state index in [1.54, 1.807) is 0 Å². The minimum absolute atomic E-state index is 0.218. The lowest BCUT2D eigenvalue weighted by Gasteiger charge is -2.34. The molecule has 1 fully saturated rings. The molecule has 1 aromatic carbocycles. The van der Waals surface area contributed by atoms with Gasteiger partial charge in [-0.25, -0.2) is 0 Å². The second kappa shape index (κ2) is 4.87. The van der Waals surface area contributed by atoms with Crippen LogP contribution in [0.25, 0.3) is 0 Å². The highest BCUT2D eigenvalue weighted by Crippen LogP contribution is 2.35. The average molecular weight is 259 g/mol. The molecule has 1 aliphatic rings. The standard InChI is InChI=1S/C16H23N2O/c1-15(2)10-14(11-16(3,4)18(15)19)17-12-13-8-6-5-7-9-13/h5-9,12,14H,10-11H2,1-4H3/q+1. The van der Waals surface area contributed by atoms with E-state index >= 15 is 0 Å². The highest BCUT2D eigenvalue weighted by Gasteiger charge is 2.53. The molecule has 2 rings (SSSR count). The van der Waals surface area contributed by atoms with Crippen LogP contribution >= 0.6 is 0 Å². The summed E-state index contributed by atoms with van der Waals surface area (Å²) in [4.78, 5) is 16.9. The highest BCUT2D eigenvalue weighted by molar-refractivity contribution is 5.79. The van der Waals surface area contributed by atoms with Gasteiger partial charge >= 0.3 is 0 Å². The summed E-state index contributed by atoms with van der Waals surface area (Å²) in [5, 5.41) is 0. The number of benzene rings is 1. The SMILES string of the molecule is CC1(C)CC(N=Cc2ccccc2)CC(C)(C)[N+]1=O. The van der Waals surface area contributed by atoms with Crippen molar-refractivity contribution in [1.82, 2.24) is 0 Å². The van der Waals surface area contributed by atoms with Gasteiger partial charge in [-0.05, 0) is 5.56 Å². The van der Waals surface area contributed by atoms with E-state index in [1.807, 2.05) is 64.2 Å². The normalized spacial score (nSPS) is 22.8. The van der Waals surface area contributed by atoms with Gasteiger partial charge < -0.3 is 0 Å². The fraction of sp³-hybridized carbons (Fsp3) is 0.562. The number of rotatable bonds is 2. The van der Waals surface area contributed by atoms with E-state index in [0.717, 1.165) is 18.4 Å². The van der Waals surface area contributed by atoms with E-state index in [-0.39, 0.29) is 17.1 Å². The molecule has 3 heteroatoms. The molecule has 0 unspecified atom stereocenters. The average Bonchev–Trinajstić information content (AvgIpc) is 2.34. The van der Waals surface area contributed by atoms with Crippen LogP contribution in [0.4, 0.5) is 0 Å². The van der Waals surface area contributed by atoms with Crippen LogP contribution in [-0.2, 0) is 0 Å². The lowest BCUT2D eigenvalue weighted by atomic mass is 9.79. The van der Waals surface area contributed by atoms with Crippen LogP contribution in [0, 0.1) is 4.91 Å². The summed E-state index contributed by atoms with van der Waals surface area (Å²) in [6.07, 6.45) is 3.55. The zero-order valence-electron chi connectivity index (χ0n) is 12.3. The molecule has 1 saturated heterocycles. The number of hydrogen-bond acceptors (Lipinski definition) is 2. The van der Waals surface area contributed by atoms with Gasteiger partial charge in [0.25, 0.3) is 0 Å². The third-order valence-electron chi connectivity index (χ3n) is 3.80. The van der Waals surface area contributed by atoms with Crippen molar-refractivity contribution in [1.29, 1.82) is 0 Å². The molecule has 0 amide bonds. The third kappa shape index (κ3) is 3.09. The van der Waals surface area contributed by atoms with Gasteiger partial charge in [-0.1, -0.05) is 30.3 Å². The van der Waals surface area contributed by atoms with Gasteiger partial charge in [-0.15, -0.1) is 0 Å². The van der Waals surface area contributed by atoms with Gasteiger partial charge in [0.2, 0.25) is 11.1 Å². The molecule has 0 atom stereocenters. The summed E-state index contributed by atoms with van der Waals surface area (Å²) in [6.45, 7) is 8.02. The van der Waals surface area contributed by atoms with Gasteiger partial charge in [-0.2, -0.15) is 0 Å². The second-order valence-electron chi connectivity index (χ2n) is 6.67. The maximum absolute atomic E-state index is 12.3. The zero-order valence-corrected chi connectivity index (χ0v) is 12.3. The van der Waals surface area contributed by atoms with Gasteiger partial charge in [-0.3, -0.25) is 4.99 Å². The predicted octanol–water partition coefficient (Wildman–Crippen LogP) is 3.60. The van der Waals surface area contributed by atoms with Gasteiger partial charge in [0.15, 0.2) is 0 Å². The first-order valence-corrected chi connectivity index (χ1v) is 6.87. The summed E-state index contributed by atoms with van der Waals surface area (Å²) < 4.78 is 1.24. The van der Waals surface area contributed by atoms with Gasteiger partial charge in [0.05, 0.1) is 6.04 Å². The van der Waals surface area contributed by atoms with Crippen LogP contribution in [0.5, 0.6) is 0 Å².